The Morgan fingerprint density at radius 3 is 2.88 bits per heavy atom. The van der Waals surface area contributed by atoms with Gasteiger partial charge >= 0.3 is 6.03 Å². The van der Waals surface area contributed by atoms with Crippen LogP contribution >= 0.6 is 0 Å². The third kappa shape index (κ3) is 5.53. The highest BCUT2D eigenvalue weighted by atomic mass is 19.1. The number of carbonyl (C=O) groups excluding carboxylic acids is 1. The summed E-state index contributed by atoms with van der Waals surface area (Å²) in [6.45, 7) is 5.34. The molecule has 140 valence electrons. The highest BCUT2D eigenvalue weighted by Gasteiger charge is 2.10. The van der Waals surface area contributed by atoms with Gasteiger partial charge in [-0.25, -0.2) is 9.18 Å². The number of nitrogens with one attached hydrogen (secondary N) is 2. The molecule has 1 aromatic carbocycles. The van der Waals surface area contributed by atoms with Crippen LogP contribution in [0.25, 0.3) is 0 Å². The van der Waals surface area contributed by atoms with E-state index in [0.717, 1.165) is 39.3 Å². The number of halogens is 1. The predicted molar refractivity (Wildman–Crippen MR) is 96.6 cm³/mol. The summed E-state index contributed by atoms with van der Waals surface area (Å²) in [7, 11) is 0. The number of hydrogen-bond acceptors (Lipinski definition) is 4. The largest absolute Gasteiger partial charge is 0.379 e. The van der Waals surface area contributed by atoms with Crippen LogP contribution in [-0.4, -0.2) is 60.1 Å². The van der Waals surface area contributed by atoms with E-state index in [1.165, 1.54) is 6.07 Å². The summed E-state index contributed by atoms with van der Waals surface area (Å²) >= 11 is 0. The minimum absolute atomic E-state index is 0.266. The van der Waals surface area contributed by atoms with E-state index in [1.54, 1.807) is 35.3 Å². The highest BCUT2D eigenvalue weighted by Crippen LogP contribution is 2.11. The summed E-state index contributed by atoms with van der Waals surface area (Å²) in [6, 6.07) is 6.30. The van der Waals surface area contributed by atoms with Crippen LogP contribution in [0.5, 0.6) is 0 Å². The standard InChI is InChI=1S/C18H24FN5O2/c19-17-5-2-1-4-15(17)13-24-14-16(12-21-24)22-18(25)20-6-3-7-23-8-10-26-11-9-23/h1-2,4-5,12,14H,3,6-11,13H2,(H2,20,22,25). The van der Waals surface area contributed by atoms with Gasteiger partial charge in [0, 0.05) is 31.4 Å². The Labute approximate surface area is 152 Å². The van der Waals surface area contributed by atoms with Gasteiger partial charge < -0.3 is 15.4 Å². The summed E-state index contributed by atoms with van der Waals surface area (Å²) < 4.78 is 20.6. The van der Waals surface area contributed by atoms with Gasteiger partial charge in [-0.15, -0.1) is 0 Å². The van der Waals surface area contributed by atoms with Crippen molar-refractivity contribution in [3.63, 3.8) is 0 Å². The maximum Gasteiger partial charge on any atom is 0.319 e. The van der Waals surface area contributed by atoms with Crippen molar-refractivity contribution in [2.45, 2.75) is 13.0 Å². The average molecular weight is 361 g/mol. The number of anilines is 1. The molecule has 3 rings (SSSR count). The van der Waals surface area contributed by atoms with Gasteiger partial charge in [-0.1, -0.05) is 18.2 Å². The quantitative estimate of drug-likeness (QED) is 0.739. The number of amides is 2. The zero-order chi connectivity index (χ0) is 18.2. The number of hydrogen-bond donors (Lipinski definition) is 2. The van der Waals surface area contributed by atoms with E-state index in [4.69, 9.17) is 4.74 Å². The second-order valence-electron chi connectivity index (χ2n) is 6.21. The molecule has 0 saturated carbocycles. The van der Waals surface area contributed by atoms with Gasteiger partial charge in [-0.05, 0) is 19.0 Å². The second-order valence-corrected chi connectivity index (χ2v) is 6.21. The zero-order valence-corrected chi connectivity index (χ0v) is 14.7. The van der Waals surface area contributed by atoms with Crippen LogP contribution in [0.4, 0.5) is 14.9 Å². The Balaban J connectivity index is 1.38. The molecular weight excluding hydrogens is 337 g/mol. The molecule has 0 bridgehead atoms. The SMILES string of the molecule is O=C(NCCCN1CCOCC1)Nc1cnn(Cc2ccccc2F)c1. The number of ether oxygens (including phenoxy) is 1. The first-order valence-electron chi connectivity index (χ1n) is 8.81. The molecule has 0 atom stereocenters. The number of rotatable bonds is 7. The molecule has 1 aromatic heterocycles. The summed E-state index contributed by atoms with van der Waals surface area (Å²) in [6.07, 6.45) is 4.12. The Kier molecular flexibility index (Phi) is 6.56. The molecule has 1 saturated heterocycles. The number of morpholine rings is 1. The van der Waals surface area contributed by atoms with Crippen LogP contribution in [-0.2, 0) is 11.3 Å². The monoisotopic (exact) mass is 361 g/mol. The number of benzene rings is 1. The molecule has 1 aliphatic heterocycles. The molecule has 2 N–H and O–H groups in total. The molecule has 7 nitrogen and oxygen atoms in total. The van der Waals surface area contributed by atoms with Crippen molar-refractivity contribution in [2.24, 2.45) is 0 Å². The molecule has 2 heterocycles. The fraction of sp³-hybridized carbons (Fsp3) is 0.444. The van der Waals surface area contributed by atoms with Crippen LogP contribution in [0.2, 0.25) is 0 Å². The smallest absolute Gasteiger partial charge is 0.319 e. The molecule has 0 aliphatic carbocycles. The van der Waals surface area contributed by atoms with Crippen LogP contribution in [0.1, 0.15) is 12.0 Å². The first-order valence-corrected chi connectivity index (χ1v) is 8.81. The Bertz CT molecular complexity index is 715. The third-order valence-corrected chi connectivity index (χ3v) is 4.22. The number of nitrogens with zero attached hydrogens (tertiary/aromatic N) is 3. The molecule has 0 unspecified atom stereocenters. The van der Waals surface area contributed by atoms with Crippen LogP contribution in [0.3, 0.4) is 0 Å². The number of aromatic nitrogens is 2. The Morgan fingerprint density at radius 2 is 2.08 bits per heavy atom. The van der Waals surface area contributed by atoms with Gasteiger partial charge in [0.25, 0.3) is 0 Å². The van der Waals surface area contributed by atoms with Crippen molar-refractivity contribution < 1.29 is 13.9 Å². The maximum absolute atomic E-state index is 13.7. The van der Waals surface area contributed by atoms with E-state index in [1.807, 2.05) is 0 Å². The minimum Gasteiger partial charge on any atom is -0.379 e. The summed E-state index contributed by atoms with van der Waals surface area (Å²) in [5, 5.41) is 9.73. The zero-order valence-electron chi connectivity index (χ0n) is 14.7. The summed E-state index contributed by atoms with van der Waals surface area (Å²) in [5.74, 6) is -0.268. The van der Waals surface area contributed by atoms with Crippen molar-refractivity contribution >= 4 is 11.7 Å². The highest BCUT2D eigenvalue weighted by molar-refractivity contribution is 5.88. The van der Waals surface area contributed by atoms with Crippen molar-refractivity contribution in [2.75, 3.05) is 44.7 Å². The van der Waals surface area contributed by atoms with E-state index in [-0.39, 0.29) is 11.8 Å². The van der Waals surface area contributed by atoms with Crippen LogP contribution in [0, 0.1) is 5.82 Å². The first kappa shape index (κ1) is 18.3. The molecule has 1 fully saturated rings. The number of urea groups is 1. The average Bonchev–Trinajstić information content (AvgIpc) is 3.08. The van der Waals surface area contributed by atoms with Gasteiger partial charge in [0.05, 0.1) is 31.6 Å². The maximum atomic E-state index is 13.7. The summed E-state index contributed by atoms with van der Waals surface area (Å²) in [4.78, 5) is 14.3. The molecule has 0 spiro atoms. The lowest BCUT2D eigenvalue weighted by Crippen LogP contribution is -2.38. The van der Waals surface area contributed by atoms with Crippen molar-refractivity contribution in [3.8, 4) is 0 Å². The van der Waals surface area contributed by atoms with Crippen molar-refractivity contribution in [1.29, 1.82) is 0 Å². The minimum atomic E-state index is -0.268. The van der Waals surface area contributed by atoms with E-state index in [9.17, 15) is 9.18 Å². The molecule has 2 amide bonds. The Morgan fingerprint density at radius 1 is 1.27 bits per heavy atom. The van der Waals surface area contributed by atoms with Gasteiger partial charge in [0.2, 0.25) is 0 Å². The Hall–Kier alpha value is -2.45. The molecule has 26 heavy (non-hydrogen) atoms. The molecular formula is C18H24FN5O2. The van der Waals surface area contributed by atoms with E-state index in [0.29, 0.717) is 24.3 Å². The molecule has 8 heteroatoms. The lowest BCUT2D eigenvalue weighted by atomic mass is 10.2. The molecule has 1 aliphatic rings. The van der Waals surface area contributed by atoms with Gasteiger partial charge in [-0.3, -0.25) is 9.58 Å². The van der Waals surface area contributed by atoms with E-state index >= 15 is 0 Å². The fourth-order valence-electron chi connectivity index (χ4n) is 2.82. The van der Waals surface area contributed by atoms with Crippen LogP contribution in [0.15, 0.2) is 36.7 Å². The summed E-state index contributed by atoms with van der Waals surface area (Å²) in [5.41, 5.74) is 1.13. The van der Waals surface area contributed by atoms with Gasteiger partial charge in [0.15, 0.2) is 0 Å². The fourth-order valence-corrected chi connectivity index (χ4v) is 2.82. The number of carbonyl (C=O) groups is 1. The van der Waals surface area contributed by atoms with Gasteiger partial charge in [0.1, 0.15) is 5.82 Å². The topological polar surface area (TPSA) is 71.4 Å². The third-order valence-electron chi connectivity index (χ3n) is 4.22. The molecule has 2 aromatic rings. The van der Waals surface area contributed by atoms with Crippen LogP contribution < -0.4 is 10.6 Å². The van der Waals surface area contributed by atoms with E-state index in [2.05, 4.69) is 20.6 Å². The van der Waals surface area contributed by atoms with E-state index < -0.39 is 0 Å². The second kappa shape index (κ2) is 9.30. The normalized spacial score (nSPS) is 15.0. The van der Waals surface area contributed by atoms with Crippen molar-refractivity contribution in [1.82, 2.24) is 20.0 Å². The van der Waals surface area contributed by atoms with Crippen molar-refractivity contribution in [3.05, 3.63) is 48.0 Å². The lowest BCUT2D eigenvalue weighted by Gasteiger charge is -2.26. The van der Waals surface area contributed by atoms with Gasteiger partial charge in [-0.2, -0.15) is 5.10 Å². The first-order chi connectivity index (χ1) is 12.7. The molecule has 0 radical (unpaired) electrons. The lowest BCUT2D eigenvalue weighted by molar-refractivity contribution is 0.0375. The predicted octanol–water partition coefficient (Wildman–Crippen LogP) is 1.91.